The Balaban J connectivity index is 1.96. The van der Waals surface area contributed by atoms with Crippen LogP contribution >= 0.6 is 0 Å². The SMILES string of the molecule is CN(C(=O)COc1ccccc1)c1ccc(C#N)cc1. The minimum absolute atomic E-state index is 0.0273. The summed E-state index contributed by atoms with van der Waals surface area (Å²) in [5.41, 5.74) is 1.29. The van der Waals surface area contributed by atoms with Gasteiger partial charge in [0.15, 0.2) is 6.61 Å². The molecule has 0 heterocycles. The van der Waals surface area contributed by atoms with Crippen molar-refractivity contribution in [2.75, 3.05) is 18.6 Å². The first-order chi connectivity index (χ1) is 9.70. The molecule has 0 aliphatic carbocycles. The molecule has 0 spiro atoms. The molecule has 0 aliphatic heterocycles. The van der Waals surface area contributed by atoms with Crippen LogP contribution < -0.4 is 9.64 Å². The summed E-state index contributed by atoms with van der Waals surface area (Å²) in [7, 11) is 1.68. The van der Waals surface area contributed by atoms with Crippen LogP contribution in [-0.2, 0) is 4.79 Å². The Morgan fingerprint density at radius 1 is 1.15 bits per heavy atom. The minimum atomic E-state index is -0.154. The number of carbonyl (C=O) groups is 1. The van der Waals surface area contributed by atoms with E-state index in [1.54, 1.807) is 43.4 Å². The van der Waals surface area contributed by atoms with Crippen molar-refractivity contribution >= 4 is 11.6 Å². The van der Waals surface area contributed by atoms with E-state index in [1.807, 2.05) is 24.3 Å². The van der Waals surface area contributed by atoms with Crippen molar-refractivity contribution in [1.82, 2.24) is 0 Å². The maximum Gasteiger partial charge on any atom is 0.264 e. The smallest absolute Gasteiger partial charge is 0.264 e. The minimum Gasteiger partial charge on any atom is -0.484 e. The number of benzene rings is 2. The maximum absolute atomic E-state index is 12.0. The van der Waals surface area contributed by atoms with E-state index in [0.29, 0.717) is 11.3 Å². The van der Waals surface area contributed by atoms with Gasteiger partial charge >= 0.3 is 0 Å². The number of anilines is 1. The van der Waals surface area contributed by atoms with Crippen molar-refractivity contribution in [2.24, 2.45) is 0 Å². The average Bonchev–Trinajstić information content (AvgIpc) is 2.53. The molecule has 20 heavy (non-hydrogen) atoms. The highest BCUT2D eigenvalue weighted by Crippen LogP contribution is 2.14. The lowest BCUT2D eigenvalue weighted by molar-refractivity contribution is -0.120. The zero-order valence-electron chi connectivity index (χ0n) is 11.1. The van der Waals surface area contributed by atoms with Crippen molar-refractivity contribution in [1.29, 1.82) is 5.26 Å². The molecule has 4 nitrogen and oxygen atoms in total. The Morgan fingerprint density at radius 2 is 1.80 bits per heavy atom. The fourth-order valence-corrected chi connectivity index (χ4v) is 1.66. The predicted molar refractivity (Wildman–Crippen MR) is 76.5 cm³/mol. The molecule has 0 radical (unpaired) electrons. The monoisotopic (exact) mass is 266 g/mol. The number of nitrogens with zero attached hydrogens (tertiary/aromatic N) is 2. The highest BCUT2D eigenvalue weighted by molar-refractivity contribution is 5.93. The quantitative estimate of drug-likeness (QED) is 0.854. The Morgan fingerprint density at radius 3 is 2.40 bits per heavy atom. The number of carbonyl (C=O) groups excluding carboxylic acids is 1. The van der Waals surface area contributed by atoms with Crippen molar-refractivity contribution in [2.45, 2.75) is 0 Å². The summed E-state index contributed by atoms with van der Waals surface area (Å²) in [4.78, 5) is 13.5. The van der Waals surface area contributed by atoms with Crippen LogP contribution in [0.2, 0.25) is 0 Å². The van der Waals surface area contributed by atoms with E-state index in [2.05, 4.69) is 0 Å². The third-order valence-electron chi connectivity index (χ3n) is 2.86. The van der Waals surface area contributed by atoms with E-state index in [9.17, 15) is 4.79 Å². The summed E-state index contributed by atoms with van der Waals surface area (Å²) >= 11 is 0. The van der Waals surface area contributed by atoms with Gasteiger partial charge in [0.25, 0.3) is 5.91 Å². The molecule has 100 valence electrons. The second-order valence-electron chi connectivity index (χ2n) is 4.21. The highest BCUT2D eigenvalue weighted by atomic mass is 16.5. The van der Waals surface area contributed by atoms with Gasteiger partial charge in [0.05, 0.1) is 11.6 Å². The van der Waals surface area contributed by atoms with Gasteiger partial charge in [-0.2, -0.15) is 5.26 Å². The lowest BCUT2D eigenvalue weighted by Crippen LogP contribution is -2.31. The predicted octanol–water partition coefficient (Wildman–Crippen LogP) is 2.60. The third kappa shape index (κ3) is 3.36. The van der Waals surface area contributed by atoms with Gasteiger partial charge in [-0.1, -0.05) is 18.2 Å². The van der Waals surface area contributed by atoms with E-state index >= 15 is 0 Å². The second-order valence-corrected chi connectivity index (χ2v) is 4.21. The summed E-state index contributed by atoms with van der Waals surface area (Å²) in [5, 5.41) is 8.74. The van der Waals surface area contributed by atoms with Crippen molar-refractivity contribution in [3.8, 4) is 11.8 Å². The molecule has 1 amide bonds. The molecule has 0 atom stereocenters. The van der Waals surface area contributed by atoms with E-state index in [1.165, 1.54) is 4.90 Å². The number of hydrogen-bond donors (Lipinski definition) is 0. The molecule has 4 heteroatoms. The zero-order chi connectivity index (χ0) is 14.4. The first-order valence-corrected chi connectivity index (χ1v) is 6.15. The fourth-order valence-electron chi connectivity index (χ4n) is 1.66. The van der Waals surface area contributed by atoms with Crippen LogP contribution in [0.15, 0.2) is 54.6 Å². The van der Waals surface area contributed by atoms with Crippen LogP contribution in [0.3, 0.4) is 0 Å². The standard InChI is InChI=1S/C16H14N2O2/c1-18(14-9-7-13(11-17)8-10-14)16(19)12-20-15-5-3-2-4-6-15/h2-10H,12H2,1H3. The summed E-state index contributed by atoms with van der Waals surface area (Å²) in [6.07, 6.45) is 0. The fraction of sp³-hybridized carbons (Fsp3) is 0.125. The number of amides is 1. The molecule has 0 aliphatic rings. The normalized spacial score (nSPS) is 9.60. The Labute approximate surface area is 117 Å². The lowest BCUT2D eigenvalue weighted by atomic mass is 10.2. The molecule has 0 aromatic heterocycles. The number of likely N-dealkylation sites (N-methyl/N-ethyl adjacent to an activating group) is 1. The first kappa shape index (κ1) is 13.6. The number of para-hydroxylation sites is 1. The Kier molecular flexibility index (Phi) is 4.35. The van der Waals surface area contributed by atoms with Crippen LogP contribution in [-0.4, -0.2) is 19.6 Å². The average molecular weight is 266 g/mol. The topological polar surface area (TPSA) is 53.3 Å². The molecule has 2 aromatic rings. The Hall–Kier alpha value is -2.80. The summed E-state index contributed by atoms with van der Waals surface area (Å²) in [5.74, 6) is 0.507. The second kappa shape index (κ2) is 6.39. The van der Waals surface area contributed by atoms with E-state index in [-0.39, 0.29) is 12.5 Å². The van der Waals surface area contributed by atoms with Gasteiger partial charge in [-0.05, 0) is 36.4 Å². The van der Waals surface area contributed by atoms with E-state index in [0.717, 1.165) is 5.69 Å². The molecular weight excluding hydrogens is 252 g/mol. The van der Waals surface area contributed by atoms with Gasteiger partial charge in [-0.3, -0.25) is 4.79 Å². The summed E-state index contributed by atoms with van der Waals surface area (Å²) in [6, 6.07) is 18.1. The molecule has 0 fully saturated rings. The number of ether oxygens (including phenoxy) is 1. The lowest BCUT2D eigenvalue weighted by Gasteiger charge is -2.17. The summed E-state index contributed by atoms with van der Waals surface area (Å²) < 4.78 is 5.41. The molecule has 0 N–H and O–H groups in total. The van der Waals surface area contributed by atoms with E-state index in [4.69, 9.17) is 10.00 Å². The highest BCUT2D eigenvalue weighted by Gasteiger charge is 2.11. The van der Waals surface area contributed by atoms with E-state index < -0.39 is 0 Å². The van der Waals surface area contributed by atoms with Gasteiger partial charge in [0, 0.05) is 12.7 Å². The Bertz CT molecular complexity index is 615. The molecule has 0 unspecified atom stereocenters. The van der Waals surface area contributed by atoms with Gasteiger partial charge in [-0.25, -0.2) is 0 Å². The van der Waals surface area contributed by atoms with Gasteiger partial charge in [-0.15, -0.1) is 0 Å². The van der Waals surface area contributed by atoms with Crippen LogP contribution in [0.25, 0.3) is 0 Å². The molecular formula is C16H14N2O2. The van der Waals surface area contributed by atoms with Gasteiger partial charge < -0.3 is 9.64 Å². The molecule has 2 rings (SSSR count). The largest absolute Gasteiger partial charge is 0.484 e. The van der Waals surface area contributed by atoms with Gasteiger partial charge in [0.1, 0.15) is 5.75 Å². The first-order valence-electron chi connectivity index (χ1n) is 6.15. The van der Waals surface area contributed by atoms with Crippen LogP contribution in [0, 0.1) is 11.3 Å². The molecule has 0 bridgehead atoms. The van der Waals surface area contributed by atoms with Crippen molar-refractivity contribution in [3.05, 3.63) is 60.2 Å². The molecule has 2 aromatic carbocycles. The van der Waals surface area contributed by atoms with Crippen LogP contribution in [0.4, 0.5) is 5.69 Å². The zero-order valence-corrected chi connectivity index (χ0v) is 11.1. The number of hydrogen-bond acceptors (Lipinski definition) is 3. The van der Waals surface area contributed by atoms with Crippen LogP contribution in [0.1, 0.15) is 5.56 Å². The number of rotatable bonds is 4. The molecule has 0 saturated carbocycles. The van der Waals surface area contributed by atoms with Crippen molar-refractivity contribution < 1.29 is 9.53 Å². The van der Waals surface area contributed by atoms with Gasteiger partial charge in [0.2, 0.25) is 0 Å². The summed E-state index contributed by atoms with van der Waals surface area (Å²) in [6.45, 7) is -0.0273. The number of nitriles is 1. The van der Waals surface area contributed by atoms with Crippen LogP contribution in [0.5, 0.6) is 5.75 Å². The molecule has 0 saturated heterocycles. The third-order valence-corrected chi connectivity index (χ3v) is 2.86. The van der Waals surface area contributed by atoms with Crippen molar-refractivity contribution in [3.63, 3.8) is 0 Å². The maximum atomic E-state index is 12.0.